The molecule has 2 heterocycles. The van der Waals surface area contributed by atoms with Gasteiger partial charge < -0.3 is 5.32 Å². The van der Waals surface area contributed by atoms with Crippen molar-refractivity contribution in [2.45, 2.75) is 20.4 Å². The summed E-state index contributed by atoms with van der Waals surface area (Å²) in [5.41, 5.74) is 4.45. The number of nitrogens with zero attached hydrogens (tertiary/aromatic N) is 3. The molecule has 0 aliphatic carbocycles. The number of amides is 3. The Balaban J connectivity index is 1.38. The zero-order valence-electron chi connectivity index (χ0n) is 19.1. The Morgan fingerprint density at radius 2 is 1.60 bits per heavy atom. The van der Waals surface area contributed by atoms with E-state index in [0.29, 0.717) is 45.3 Å². The number of anilines is 2. The number of fused-ring (bicyclic) bond motifs is 1. The molecule has 1 aliphatic rings. The molecule has 0 unspecified atom stereocenters. The van der Waals surface area contributed by atoms with Crippen LogP contribution in [-0.4, -0.2) is 27.5 Å². The van der Waals surface area contributed by atoms with Crippen LogP contribution in [0.2, 0.25) is 5.02 Å². The van der Waals surface area contributed by atoms with E-state index < -0.39 is 11.8 Å². The summed E-state index contributed by atoms with van der Waals surface area (Å²) in [6.07, 6.45) is 0. The van der Waals surface area contributed by atoms with Gasteiger partial charge in [-0.3, -0.25) is 19.1 Å². The van der Waals surface area contributed by atoms with Gasteiger partial charge in [0.15, 0.2) is 0 Å². The molecule has 3 aromatic carbocycles. The van der Waals surface area contributed by atoms with Gasteiger partial charge in [0.25, 0.3) is 17.7 Å². The first kappa shape index (κ1) is 22.6. The lowest BCUT2D eigenvalue weighted by atomic mass is 10.1. The van der Waals surface area contributed by atoms with Crippen LogP contribution in [-0.2, 0) is 6.54 Å². The molecule has 0 radical (unpaired) electrons. The maximum atomic E-state index is 13.1. The predicted octanol–water partition coefficient (Wildman–Crippen LogP) is 5.25. The molecular formula is C27H21ClN4O3. The smallest absolute Gasteiger partial charge is 0.266 e. The summed E-state index contributed by atoms with van der Waals surface area (Å²) in [5.74, 6) is -1.17. The van der Waals surface area contributed by atoms with Crippen LogP contribution in [0.15, 0.2) is 72.8 Å². The molecule has 1 N–H and O–H groups in total. The maximum Gasteiger partial charge on any atom is 0.266 e. The van der Waals surface area contributed by atoms with Gasteiger partial charge >= 0.3 is 0 Å². The topological polar surface area (TPSA) is 84.3 Å². The second kappa shape index (κ2) is 8.85. The average molecular weight is 485 g/mol. The molecule has 0 bridgehead atoms. The molecular weight excluding hydrogens is 464 g/mol. The fourth-order valence-electron chi connectivity index (χ4n) is 4.24. The summed E-state index contributed by atoms with van der Waals surface area (Å²) >= 11 is 6.10. The van der Waals surface area contributed by atoms with Crippen molar-refractivity contribution in [3.63, 3.8) is 0 Å². The van der Waals surface area contributed by atoms with Gasteiger partial charge in [0.2, 0.25) is 0 Å². The van der Waals surface area contributed by atoms with Crippen LogP contribution in [0, 0.1) is 13.8 Å². The van der Waals surface area contributed by atoms with Crippen LogP contribution in [0.5, 0.6) is 0 Å². The van der Waals surface area contributed by atoms with Crippen LogP contribution in [0.3, 0.4) is 0 Å². The lowest BCUT2D eigenvalue weighted by Crippen LogP contribution is -2.29. The van der Waals surface area contributed by atoms with Crippen LogP contribution in [0.4, 0.5) is 11.4 Å². The van der Waals surface area contributed by atoms with Gasteiger partial charge in [-0.25, -0.2) is 4.90 Å². The van der Waals surface area contributed by atoms with Crippen molar-refractivity contribution in [1.29, 1.82) is 0 Å². The van der Waals surface area contributed by atoms with E-state index in [2.05, 4.69) is 10.4 Å². The van der Waals surface area contributed by atoms with Crippen molar-refractivity contribution in [3.05, 3.63) is 111 Å². The quantitative estimate of drug-likeness (QED) is 0.392. The number of aromatic nitrogens is 2. The number of carbonyl (C=O) groups is 3. The first-order valence-corrected chi connectivity index (χ1v) is 11.4. The highest BCUT2D eigenvalue weighted by atomic mass is 35.5. The largest absolute Gasteiger partial charge is 0.319 e. The van der Waals surface area contributed by atoms with E-state index in [0.717, 1.165) is 16.2 Å². The van der Waals surface area contributed by atoms with Crippen molar-refractivity contribution in [2.75, 3.05) is 10.2 Å². The highest BCUT2D eigenvalue weighted by Crippen LogP contribution is 2.29. The number of hydrogen-bond acceptors (Lipinski definition) is 4. The fraction of sp³-hybridized carbons (Fsp3) is 0.111. The minimum absolute atomic E-state index is 0.320. The molecule has 7 nitrogen and oxygen atoms in total. The molecule has 8 heteroatoms. The van der Waals surface area contributed by atoms with Crippen LogP contribution < -0.4 is 10.2 Å². The highest BCUT2D eigenvalue weighted by Gasteiger charge is 2.36. The van der Waals surface area contributed by atoms with E-state index in [-0.39, 0.29) is 5.91 Å². The SMILES string of the molecule is Cc1nn(Cc2cccc(Cl)c2)c(C)c1NC(=O)c1cccc(N2C(=O)c3ccccc3C2=O)c1. The van der Waals surface area contributed by atoms with Gasteiger partial charge in [-0.2, -0.15) is 5.10 Å². The Morgan fingerprint density at radius 1 is 0.914 bits per heavy atom. The lowest BCUT2D eigenvalue weighted by molar-refractivity contribution is 0.0924. The second-order valence-electron chi connectivity index (χ2n) is 8.33. The van der Waals surface area contributed by atoms with E-state index in [1.165, 1.54) is 6.07 Å². The van der Waals surface area contributed by atoms with Crippen molar-refractivity contribution >= 4 is 40.7 Å². The Kier molecular flexibility index (Phi) is 5.70. The lowest BCUT2D eigenvalue weighted by Gasteiger charge is -2.15. The first-order chi connectivity index (χ1) is 16.8. The third-order valence-electron chi connectivity index (χ3n) is 6.00. The summed E-state index contributed by atoms with van der Waals surface area (Å²) < 4.78 is 1.81. The van der Waals surface area contributed by atoms with Gasteiger partial charge in [0, 0.05) is 10.6 Å². The van der Waals surface area contributed by atoms with Crippen LogP contribution in [0.1, 0.15) is 48.0 Å². The fourth-order valence-corrected chi connectivity index (χ4v) is 4.45. The van der Waals surface area contributed by atoms with E-state index in [1.54, 1.807) is 42.5 Å². The van der Waals surface area contributed by atoms with E-state index in [9.17, 15) is 14.4 Å². The molecule has 5 rings (SSSR count). The van der Waals surface area contributed by atoms with Gasteiger partial charge in [-0.1, -0.05) is 41.9 Å². The number of benzene rings is 3. The number of carbonyl (C=O) groups excluding carboxylic acids is 3. The van der Waals surface area contributed by atoms with Gasteiger partial charge in [-0.05, 0) is 61.9 Å². The molecule has 1 aliphatic heterocycles. The molecule has 35 heavy (non-hydrogen) atoms. The van der Waals surface area contributed by atoms with Crippen LogP contribution >= 0.6 is 11.6 Å². The predicted molar refractivity (Wildman–Crippen MR) is 134 cm³/mol. The summed E-state index contributed by atoms with van der Waals surface area (Å²) in [6, 6.07) is 20.7. The standard InChI is InChI=1S/C27H21ClN4O3/c1-16-24(17(2)31(30-16)15-18-7-5-9-20(28)13-18)29-25(33)19-8-6-10-21(14-19)32-26(34)22-11-3-4-12-23(22)27(32)35/h3-14H,15H2,1-2H3,(H,29,33). The number of nitrogens with one attached hydrogen (secondary N) is 1. The van der Waals surface area contributed by atoms with E-state index in [4.69, 9.17) is 11.6 Å². The number of imide groups is 1. The normalized spacial score (nSPS) is 12.7. The van der Waals surface area contributed by atoms with Crippen molar-refractivity contribution in [2.24, 2.45) is 0 Å². The molecule has 0 spiro atoms. The number of halogens is 1. The van der Waals surface area contributed by atoms with Crippen molar-refractivity contribution < 1.29 is 14.4 Å². The minimum Gasteiger partial charge on any atom is -0.319 e. The molecule has 3 amide bonds. The minimum atomic E-state index is -0.405. The van der Waals surface area contributed by atoms with Gasteiger partial charge in [0.05, 0.1) is 40.4 Å². The number of aryl methyl sites for hydroxylation is 1. The summed E-state index contributed by atoms with van der Waals surface area (Å²) in [7, 11) is 0. The summed E-state index contributed by atoms with van der Waals surface area (Å²) in [6.45, 7) is 4.22. The van der Waals surface area contributed by atoms with E-state index in [1.807, 2.05) is 42.8 Å². The summed E-state index contributed by atoms with van der Waals surface area (Å²) in [5, 5.41) is 8.15. The zero-order chi connectivity index (χ0) is 24.7. The van der Waals surface area contributed by atoms with Crippen LogP contribution in [0.25, 0.3) is 0 Å². The number of rotatable bonds is 5. The first-order valence-electron chi connectivity index (χ1n) is 11.0. The third-order valence-corrected chi connectivity index (χ3v) is 6.24. The zero-order valence-corrected chi connectivity index (χ0v) is 19.8. The molecule has 1 aromatic heterocycles. The van der Waals surface area contributed by atoms with E-state index >= 15 is 0 Å². The average Bonchev–Trinajstić information content (AvgIpc) is 3.26. The summed E-state index contributed by atoms with van der Waals surface area (Å²) in [4.78, 5) is 39.9. The highest BCUT2D eigenvalue weighted by molar-refractivity contribution is 6.34. The molecule has 0 fully saturated rings. The Bertz CT molecular complexity index is 1470. The Hall–Kier alpha value is -4.23. The molecule has 174 valence electrons. The van der Waals surface area contributed by atoms with Gasteiger partial charge in [-0.15, -0.1) is 0 Å². The maximum absolute atomic E-state index is 13.1. The number of hydrogen-bond donors (Lipinski definition) is 1. The molecule has 0 saturated carbocycles. The second-order valence-corrected chi connectivity index (χ2v) is 8.77. The molecule has 0 atom stereocenters. The molecule has 0 saturated heterocycles. The Morgan fingerprint density at radius 3 is 2.29 bits per heavy atom. The van der Waals surface area contributed by atoms with Crippen molar-refractivity contribution in [1.82, 2.24) is 9.78 Å². The van der Waals surface area contributed by atoms with Crippen molar-refractivity contribution in [3.8, 4) is 0 Å². The monoisotopic (exact) mass is 484 g/mol. The third kappa shape index (κ3) is 4.11. The molecule has 4 aromatic rings. The van der Waals surface area contributed by atoms with Gasteiger partial charge in [0.1, 0.15) is 0 Å². The Labute approximate surface area is 206 Å².